The molecule has 0 fully saturated rings. The zero-order valence-corrected chi connectivity index (χ0v) is 25.7. The van der Waals surface area contributed by atoms with Gasteiger partial charge in [0, 0.05) is 34.6 Å². The van der Waals surface area contributed by atoms with Crippen LogP contribution < -0.4 is 4.74 Å². The van der Waals surface area contributed by atoms with Crippen molar-refractivity contribution in [2.75, 3.05) is 13.7 Å². The Morgan fingerprint density at radius 1 is 0.978 bits per heavy atom. The summed E-state index contributed by atoms with van der Waals surface area (Å²) in [5.41, 5.74) is 5.43. The molecule has 45 heavy (non-hydrogen) atoms. The van der Waals surface area contributed by atoms with Crippen LogP contribution in [0.15, 0.2) is 67.0 Å². The number of fused-ring (bicyclic) bond motifs is 2. The monoisotopic (exact) mass is 614 g/mol. The van der Waals surface area contributed by atoms with Crippen molar-refractivity contribution in [1.82, 2.24) is 9.38 Å². The maximum Gasteiger partial charge on any atom is 0.339 e. The van der Waals surface area contributed by atoms with Crippen LogP contribution in [-0.2, 0) is 20.7 Å². The van der Waals surface area contributed by atoms with Gasteiger partial charge in [-0.2, -0.15) is 0 Å². The molecule has 9 heteroatoms. The van der Waals surface area contributed by atoms with Crippen molar-refractivity contribution in [3.63, 3.8) is 0 Å². The number of methoxy groups -OCH3 is 1. The molecule has 0 saturated carbocycles. The van der Waals surface area contributed by atoms with Crippen LogP contribution in [0, 0.1) is 24.4 Å². The van der Waals surface area contributed by atoms with Crippen LogP contribution in [0.2, 0.25) is 0 Å². The van der Waals surface area contributed by atoms with E-state index in [4.69, 9.17) is 19.2 Å². The fraction of sp³-hybridized carbons (Fsp3) is 0.278. The molecule has 1 atom stereocenters. The zero-order valence-electron chi connectivity index (χ0n) is 25.7. The first kappa shape index (κ1) is 30.4. The van der Waals surface area contributed by atoms with E-state index in [2.05, 4.69) is 6.07 Å². The molecule has 0 spiro atoms. The second-order valence-electron chi connectivity index (χ2n) is 12.2. The predicted octanol–water partition coefficient (Wildman–Crippen LogP) is 8.42. The fourth-order valence-corrected chi connectivity index (χ4v) is 5.83. The first-order chi connectivity index (χ1) is 21.4. The molecule has 0 radical (unpaired) electrons. The standard InChI is InChI=1S/C36H33F3N2O4/c1-20-18-41-19-27(22-9-6-8-21(16-22)25-12-13-26(37)32(39)31(25)38)40-34(41)30(24-11-14-28-23(17-24)10-7-15-44-28)29(20)33(35(42)43-5)45-36(2,3)4/h6,8-9,11-14,16-19,33H,7,10,15H2,1-5H3. The van der Waals surface area contributed by atoms with E-state index in [-0.39, 0.29) is 5.56 Å². The second kappa shape index (κ2) is 11.7. The molecule has 232 valence electrons. The van der Waals surface area contributed by atoms with Crippen LogP contribution in [0.5, 0.6) is 5.75 Å². The number of hydrogen-bond acceptors (Lipinski definition) is 5. The third-order valence-electron chi connectivity index (χ3n) is 7.83. The Labute approximate surface area is 259 Å². The van der Waals surface area contributed by atoms with Crippen molar-refractivity contribution in [3.8, 4) is 39.3 Å². The predicted molar refractivity (Wildman–Crippen MR) is 166 cm³/mol. The number of nitrogens with zero attached hydrogens (tertiary/aromatic N) is 2. The summed E-state index contributed by atoms with van der Waals surface area (Å²) in [7, 11) is 1.33. The molecule has 3 aromatic carbocycles. The fourth-order valence-electron chi connectivity index (χ4n) is 5.83. The van der Waals surface area contributed by atoms with Gasteiger partial charge in [-0.1, -0.05) is 24.3 Å². The summed E-state index contributed by atoms with van der Waals surface area (Å²) >= 11 is 0. The summed E-state index contributed by atoms with van der Waals surface area (Å²) in [4.78, 5) is 18.3. The number of hydrogen-bond donors (Lipinski definition) is 0. The lowest BCUT2D eigenvalue weighted by molar-refractivity contribution is -0.164. The molecule has 0 saturated heterocycles. The average Bonchev–Trinajstić information content (AvgIpc) is 3.44. The minimum atomic E-state index is -1.52. The lowest BCUT2D eigenvalue weighted by atomic mass is 9.91. The SMILES string of the molecule is COC(=O)C(OC(C)(C)C)c1c(C)cn2cc(-c3cccc(-c4ccc(F)c(F)c4F)c3)nc2c1-c1ccc2c(c1)CCCO2. The van der Waals surface area contributed by atoms with E-state index in [1.54, 1.807) is 18.2 Å². The minimum absolute atomic E-state index is 0.0603. The van der Waals surface area contributed by atoms with Gasteiger partial charge in [-0.25, -0.2) is 22.9 Å². The lowest BCUT2D eigenvalue weighted by Gasteiger charge is -2.29. The molecular weight excluding hydrogens is 581 g/mol. The maximum atomic E-state index is 14.7. The van der Waals surface area contributed by atoms with Crippen LogP contribution in [0.25, 0.3) is 39.2 Å². The molecule has 6 nitrogen and oxygen atoms in total. The van der Waals surface area contributed by atoms with E-state index in [0.29, 0.717) is 40.2 Å². The van der Waals surface area contributed by atoms with E-state index in [1.165, 1.54) is 13.2 Å². The van der Waals surface area contributed by atoms with Gasteiger partial charge in [-0.15, -0.1) is 0 Å². The molecule has 0 N–H and O–H groups in total. The van der Waals surface area contributed by atoms with Crippen molar-refractivity contribution < 1.29 is 32.2 Å². The van der Waals surface area contributed by atoms with Gasteiger partial charge in [0.2, 0.25) is 0 Å². The number of halogens is 3. The van der Waals surface area contributed by atoms with Crippen molar-refractivity contribution in [2.45, 2.75) is 52.2 Å². The highest BCUT2D eigenvalue weighted by Gasteiger charge is 2.33. The Hall–Kier alpha value is -4.63. The third kappa shape index (κ3) is 5.80. The maximum absolute atomic E-state index is 14.7. The van der Waals surface area contributed by atoms with E-state index < -0.39 is 35.1 Å². The van der Waals surface area contributed by atoms with E-state index in [9.17, 15) is 18.0 Å². The van der Waals surface area contributed by atoms with Crippen LogP contribution >= 0.6 is 0 Å². The Balaban J connectivity index is 1.58. The Kier molecular flexibility index (Phi) is 7.91. The average molecular weight is 615 g/mol. The highest BCUT2D eigenvalue weighted by molar-refractivity contribution is 5.89. The van der Waals surface area contributed by atoms with E-state index >= 15 is 0 Å². The zero-order chi connectivity index (χ0) is 32.0. The Bertz CT molecular complexity index is 1940. The first-order valence-corrected chi connectivity index (χ1v) is 14.7. The van der Waals surface area contributed by atoms with Crippen LogP contribution in [0.4, 0.5) is 13.2 Å². The number of esters is 1. The van der Waals surface area contributed by atoms with Gasteiger partial charge < -0.3 is 18.6 Å². The first-order valence-electron chi connectivity index (χ1n) is 14.7. The molecule has 0 aliphatic carbocycles. The number of rotatable bonds is 6. The summed E-state index contributed by atoms with van der Waals surface area (Å²) < 4.78 is 61.7. The summed E-state index contributed by atoms with van der Waals surface area (Å²) in [6.07, 6.45) is 4.43. The highest BCUT2D eigenvalue weighted by atomic mass is 19.2. The topological polar surface area (TPSA) is 62.1 Å². The number of aryl methyl sites for hydroxylation is 2. The van der Waals surface area contributed by atoms with E-state index in [1.807, 2.05) is 62.7 Å². The Morgan fingerprint density at radius 3 is 2.51 bits per heavy atom. The molecule has 1 aliphatic heterocycles. The van der Waals surface area contributed by atoms with Gasteiger partial charge in [0.1, 0.15) is 11.4 Å². The molecule has 5 aromatic rings. The van der Waals surface area contributed by atoms with Gasteiger partial charge in [-0.3, -0.25) is 0 Å². The molecule has 3 heterocycles. The van der Waals surface area contributed by atoms with E-state index in [0.717, 1.165) is 41.3 Å². The molecule has 6 rings (SSSR count). The largest absolute Gasteiger partial charge is 0.493 e. The highest BCUT2D eigenvalue weighted by Crippen LogP contribution is 2.41. The molecule has 1 unspecified atom stereocenters. The van der Waals surface area contributed by atoms with Crippen LogP contribution in [0.1, 0.15) is 50.0 Å². The smallest absolute Gasteiger partial charge is 0.339 e. The summed E-state index contributed by atoms with van der Waals surface area (Å²) in [5, 5.41) is 0. The molecule has 0 amide bonds. The number of pyridine rings is 1. The summed E-state index contributed by atoms with van der Waals surface area (Å²) in [6, 6.07) is 14.9. The second-order valence-corrected chi connectivity index (χ2v) is 12.2. The van der Waals surface area contributed by atoms with Crippen molar-refractivity contribution in [3.05, 3.63) is 101 Å². The number of imidazole rings is 1. The number of aromatic nitrogens is 2. The molecule has 1 aliphatic rings. The van der Waals surface area contributed by atoms with Gasteiger partial charge >= 0.3 is 5.97 Å². The third-order valence-corrected chi connectivity index (χ3v) is 7.83. The van der Waals surface area contributed by atoms with Gasteiger partial charge in [0.15, 0.2) is 23.6 Å². The van der Waals surface area contributed by atoms with Gasteiger partial charge in [0.25, 0.3) is 0 Å². The van der Waals surface area contributed by atoms with Crippen molar-refractivity contribution in [2.24, 2.45) is 0 Å². The van der Waals surface area contributed by atoms with Crippen LogP contribution in [0.3, 0.4) is 0 Å². The van der Waals surface area contributed by atoms with Crippen molar-refractivity contribution >= 4 is 11.6 Å². The minimum Gasteiger partial charge on any atom is -0.493 e. The summed E-state index contributed by atoms with van der Waals surface area (Å²) in [6.45, 7) is 8.20. The van der Waals surface area contributed by atoms with Gasteiger partial charge in [-0.05, 0) is 93.1 Å². The number of benzene rings is 3. The summed E-state index contributed by atoms with van der Waals surface area (Å²) in [5.74, 6) is -3.73. The number of ether oxygens (including phenoxy) is 3. The number of carbonyl (C=O) groups is 1. The molecule has 0 bridgehead atoms. The van der Waals surface area contributed by atoms with Crippen LogP contribution in [-0.4, -0.2) is 34.7 Å². The van der Waals surface area contributed by atoms with Crippen molar-refractivity contribution in [1.29, 1.82) is 0 Å². The molecule has 2 aromatic heterocycles. The normalized spacial score (nSPS) is 13.8. The number of carbonyl (C=O) groups excluding carboxylic acids is 1. The lowest BCUT2D eigenvalue weighted by Crippen LogP contribution is -2.29. The molecular formula is C36H33F3N2O4. The van der Waals surface area contributed by atoms with Gasteiger partial charge in [0.05, 0.1) is 25.0 Å². The Morgan fingerprint density at radius 2 is 1.76 bits per heavy atom. The quantitative estimate of drug-likeness (QED) is 0.142.